The van der Waals surface area contributed by atoms with Gasteiger partial charge in [-0.1, -0.05) is 60.7 Å². The molecule has 4 atom stereocenters. The van der Waals surface area contributed by atoms with Crippen LogP contribution in [0.5, 0.6) is 0 Å². The van der Waals surface area contributed by atoms with E-state index in [4.69, 9.17) is 0 Å². The number of β-amino-alcohol motifs (C(OH)–C–C–N with tert-alkyl or cyclic N) is 2. The summed E-state index contributed by atoms with van der Waals surface area (Å²) in [6.07, 6.45) is -0.931. The van der Waals surface area contributed by atoms with Gasteiger partial charge >= 0.3 is 0 Å². The largest absolute Gasteiger partial charge is 0.387 e. The molecule has 0 aliphatic carbocycles. The molecular formula is C22H30N2O2. The molecule has 0 aromatic heterocycles. The highest BCUT2D eigenvalue weighted by Crippen LogP contribution is 2.23. The summed E-state index contributed by atoms with van der Waals surface area (Å²) >= 11 is 0. The van der Waals surface area contributed by atoms with Gasteiger partial charge in [-0.25, -0.2) is 0 Å². The first-order chi connectivity index (χ1) is 12.5. The molecule has 26 heavy (non-hydrogen) atoms. The smallest absolute Gasteiger partial charge is 0.0917 e. The molecule has 0 bridgehead atoms. The number of piperazine rings is 1. The average molecular weight is 354 g/mol. The summed E-state index contributed by atoms with van der Waals surface area (Å²) in [7, 11) is 0. The Morgan fingerprint density at radius 3 is 1.42 bits per heavy atom. The van der Waals surface area contributed by atoms with E-state index in [0.29, 0.717) is 25.2 Å². The van der Waals surface area contributed by atoms with E-state index in [2.05, 4.69) is 23.6 Å². The Morgan fingerprint density at radius 2 is 1.08 bits per heavy atom. The molecule has 2 aromatic rings. The molecule has 0 radical (unpaired) electrons. The standard InChI is InChI=1S/C22H30N2O2/c1-17-13-24(16-22(26)20-11-7-4-8-12-20)18(2)14-23(17)15-21(25)19-9-5-3-6-10-19/h3-12,17-18,21-22,25-26H,13-16H2,1-2H3. The summed E-state index contributed by atoms with van der Waals surface area (Å²) in [5.74, 6) is 0. The van der Waals surface area contributed by atoms with Crippen molar-refractivity contribution >= 4 is 0 Å². The molecule has 0 spiro atoms. The third-order valence-electron chi connectivity index (χ3n) is 5.43. The van der Waals surface area contributed by atoms with Crippen molar-refractivity contribution in [3.63, 3.8) is 0 Å². The first kappa shape index (κ1) is 19.1. The van der Waals surface area contributed by atoms with Crippen LogP contribution in [0, 0.1) is 0 Å². The van der Waals surface area contributed by atoms with Crippen molar-refractivity contribution in [2.45, 2.75) is 38.1 Å². The van der Waals surface area contributed by atoms with E-state index in [1.165, 1.54) is 0 Å². The monoisotopic (exact) mass is 354 g/mol. The van der Waals surface area contributed by atoms with Gasteiger partial charge in [0.05, 0.1) is 12.2 Å². The number of aliphatic hydroxyl groups is 2. The van der Waals surface area contributed by atoms with Crippen molar-refractivity contribution in [2.24, 2.45) is 0 Å². The molecule has 3 rings (SSSR count). The van der Waals surface area contributed by atoms with Crippen molar-refractivity contribution in [1.29, 1.82) is 0 Å². The fraction of sp³-hybridized carbons (Fsp3) is 0.455. The molecule has 1 aliphatic rings. The Labute approximate surface area is 156 Å². The Hall–Kier alpha value is -1.72. The van der Waals surface area contributed by atoms with Gasteiger partial charge in [0.1, 0.15) is 0 Å². The van der Waals surface area contributed by atoms with Crippen LogP contribution in [0.1, 0.15) is 37.2 Å². The molecule has 0 saturated carbocycles. The fourth-order valence-corrected chi connectivity index (χ4v) is 3.78. The molecule has 140 valence electrons. The number of rotatable bonds is 6. The average Bonchev–Trinajstić information content (AvgIpc) is 2.67. The lowest BCUT2D eigenvalue weighted by atomic mass is 10.0. The third-order valence-corrected chi connectivity index (χ3v) is 5.43. The lowest BCUT2D eigenvalue weighted by Crippen LogP contribution is -2.57. The van der Waals surface area contributed by atoms with Gasteiger partial charge in [0.15, 0.2) is 0 Å². The first-order valence-corrected chi connectivity index (χ1v) is 9.48. The quantitative estimate of drug-likeness (QED) is 0.837. The Morgan fingerprint density at radius 1 is 0.731 bits per heavy atom. The molecular weight excluding hydrogens is 324 g/mol. The van der Waals surface area contributed by atoms with Gasteiger partial charge in [-0.2, -0.15) is 0 Å². The van der Waals surface area contributed by atoms with Gasteiger partial charge in [0, 0.05) is 38.3 Å². The second-order valence-corrected chi connectivity index (χ2v) is 7.46. The summed E-state index contributed by atoms with van der Waals surface area (Å²) in [6.45, 7) is 7.48. The van der Waals surface area contributed by atoms with Crippen molar-refractivity contribution < 1.29 is 10.2 Å². The molecule has 1 aliphatic heterocycles. The lowest BCUT2D eigenvalue weighted by molar-refractivity contribution is -0.00752. The number of nitrogens with zero attached hydrogens (tertiary/aromatic N) is 2. The predicted molar refractivity (Wildman–Crippen MR) is 105 cm³/mol. The van der Waals surface area contributed by atoms with Gasteiger partial charge in [-0.15, -0.1) is 0 Å². The highest BCUT2D eigenvalue weighted by molar-refractivity contribution is 5.18. The molecule has 2 N–H and O–H groups in total. The number of aliphatic hydroxyl groups excluding tert-OH is 2. The molecule has 4 unspecified atom stereocenters. The Kier molecular flexibility index (Phi) is 6.43. The molecule has 2 aromatic carbocycles. The van der Waals surface area contributed by atoms with Gasteiger partial charge in [0.25, 0.3) is 0 Å². The number of hydrogen-bond donors (Lipinski definition) is 2. The zero-order valence-electron chi connectivity index (χ0n) is 15.7. The van der Waals surface area contributed by atoms with Crippen molar-refractivity contribution in [2.75, 3.05) is 26.2 Å². The fourth-order valence-electron chi connectivity index (χ4n) is 3.78. The molecule has 1 saturated heterocycles. The molecule has 4 nitrogen and oxygen atoms in total. The van der Waals surface area contributed by atoms with E-state index in [1.807, 2.05) is 60.7 Å². The van der Waals surface area contributed by atoms with Crippen LogP contribution in [0.2, 0.25) is 0 Å². The summed E-state index contributed by atoms with van der Waals surface area (Å²) in [4.78, 5) is 4.71. The van der Waals surface area contributed by atoms with Gasteiger partial charge < -0.3 is 10.2 Å². The maximum Gasteiger partial charge on any atom is 0.0917 e. The second-order valence-electron chi connectivity index (χ2n) is 7.46. The summed E-state index contributed by atoms with van der Waals surface area (Å²) < 4.78 is 0. The summed E-state index contributed by atoms with van der Waals surface area (Å²) in [5.41, 5.74) is 1.93. The minimum atomic E-state index is -0.465. The minimum absolute atomic E-state index is 0.340. The van der Waals surface area contributed by atoms with E-state index >= 15 is 0 Å². The van der Waals surface area contributed by atoms with Crippen LogP contribution in [0.15, 0.2) is 60.7 Å². The highest BCUT2D eigenvalue weighted by Gasteiger charge is 2.31. The Bertz CT molecular complexity index is 605. The molecule has 1 fully saturated rings. The minimum Gasteiger partial charge on any atom is -0.387 e. The van der Waals surface area contributed by atoms with E-state index in [1.54, 1.807) is 0 Å². The van der Waals surface area contributed by atoms with E-state index in [0.717, 1.165) is 24.2 Å². The lowest BCUT2D eigenvalue weighted by Gasteiger charge is -2.45. The number of hydrogen-bond acceptors (Lipinski definition) is 4. The van der Waals surface area contributed by atoms with Crippen LogP contribution in [0.3, 0.4) is 0 Å². The zero-order valence-corrected chi connectivity index (χ0v) is 15.7. The van der Waals surface area contributed by atoms with Crippen LogP contribution >= 0.6 is 0 Å². The van der Waals surface area contributed by atoms with E-state index < -0.39 is 12.2 Å². The summed E-state index contributed by atoms with van der Waals surface area (Å²) in [5, 5.41) is 21.1. The van der Waals surface area contributed by atoms with Gasteiger partial charge in [0.2, 0.25) is 0 Å². The molecule has 0 amide bonds. The van der Waals surface area contributed by atoms with Crippen LogP contribution in [0.25, 0.3) is 0 Å². The van der Waals surface area contributed by atoms with Crippen LogP contribution < -0.4 is 0 Å². The van der Waals surface area contributed by atoms with Gasteiger partial charge in [-0.3, -0.25) is 9.80 Å². The van der Waals surface area contributed by atoms with E-state index in [-0.39, 0.29) is 0 Å². The van der Waals surface area contributed by atoms with Crippen LogP contribution in [0.4, 0.5) is 0 Å². The van der Waals surface area contributed by atoms with Crippen LogP contribution in [-0.4, -0.2) is 58.3 Å². The first-order valence-electron chi connectivity index (χ1n) is 9.48. The van der Waals surface area contributed by atoms with Crippen molar-refractivity contribution in [3.05, 3.63) is 71.8 Å². The molecule has 1 heterocycles. The maximum atomic E-state index is 10.5. The normalized spacial score (nSPS) is 24.3. The van der Waals surface area contributed by atoms with Crippen LogP contribution in [-0.2, 0) is 0 Å². The summed E-state index contributed by atoms with van der Waals surface area (Å²) in [6, 6.07) is 20.4. The van der Waals surface area contributed by atoms with Crippen molar-refractivity contribution in [1.82, 2.24) is 9.80 Å². The Balaban J connectivity index is 1.57. The molecule has 4 heteroatoms. The highest BCUT2D eigenvalue weighted by atomic mass is 16.3. The third kappa shape index (κ3) is 4.71. The zero-order chi connectivity index (χ0) is 18.5. The topological polar surface area (TPSA) is 46.9 Å². The van der Waals surface area contributed by atoms with Crippen molar-refractivity contribution in [3.8, 4) is 0 Å². The predicted octanol–water partition coefficient (Wildman–Crippen LogP) is 2.85. The second kappa shape index (κ2) is 8.78. The van der Waals surface area contributed by atoms with E-state index in [9.17, 15) is 10.2 Å². The maximum absolute atomic E-state index is 10.5. The number of benzene rings is 2. The van der Waals surface area contributed by atoms with Gasteiger partial charge in [-0.05, 0) is 25.0 Å². The SMILES string of the molecule is CC1CN(CC(O)c2ccccc2)C(C)CN1CC(O)c1ccccc1.